The van der Waals surface area contributed by atoms with Crippen molar-refractivity contribution in [1.29, 1.82) is 0 Å². The van der Waals surface area contributed by atoms with Gasteiger partial charge in [-0.05, 0) is 43.0 Å². The molecule has 0 radical (unpaired) electrons. The van der Waals surface area contributed by atoms with E-state index in [4.69, 9.17) is 5.73 Å². The van der Waals surface area contributed by atoms with Crippen molar-refractivity contribution in [3.8, 4) is 0 Å². The van der Waals surface area contributed by atoms with Gasteiger partial charge < -0.3 is 21.5 Å². The van der Waals surface area contributed by atoms with Gasteiger partial charge in [0, 0.05) is 17.0 Å². The summed E-state index contributed by atoms with van der Waals surface area (Å²) in [5.41, 5.74) is 5.71. The lowest BCUT2D eigenvalue weighted by Crippen LogP contribution is -2.44. The second-order valence-corrected chi connectivity index (χ2v) is 6.81. The van der Waals surface area contributed by atoms with E-state index in [1.54, 1.807) is 19.1 Å². The van der Waals surface area contributed by atoms with Gasteiger partial charge in [0.2, 0.25) is 5.91 Å². The van der Waals surface area contributed by atoms with Crippen LogP contribution in [0.1, 0.15) is 34.6 Å². The van der Waals surface area contributed by atoms with Gasteiger partial charge in [-0.25, -0.2) is 4.99 Å². The predicted molar refractivity (Wildman–Crippen MR) is 117 cm³/mol. The van der Waals surface area contributed by atoms with Crippen LogP contribution < -0.4 is 16.4 Å². The highest BCUT2D eigenvalue weighted by atomic mass is 127. The molecule has 0 aliphatic carbocycles. The molecule has 1 aromatic carbocycles. The van der Waals surface area contributed by atoms with Gasteiger partial charge in [-0.3, -0.25) is 4.79 Å². The zero-order chi connectivity index (χ0) is 18.3. The van der Waals surface area contributed by atoms with Crippen molar-refractivity contribution >= 4 is 47.2 Å². The molecule has 142 valence electrons. The summed E-state index contributed by atoms with van der Waals surface area (Å²) in [4.78, 5) is 16.5. The van der Waals surface area contributed by atoms with Gasteiger partial charge in [0.1, 0.15) is 5.60 Å². The van der Waals surface area contributed by atoms with Crippen LogP contribution >= 0.6 is 35.3 Å². The molecule has 0 bridgehead atoms. The summed E-state index contributed by atoms with van der Waals surface area (Å²) in [7, 11) is 0. The predicted octanol–water partition coefficient (Wildman–Crippen LogP) is 2.43. The largest absolute Gasteiger partial charge is 0.383 e. The van der Waals surface area contributed by atoms with Crippen LogP contribution in [0.5, 0.6) is 0 Å². The normalized spacial score (nSPS) is 13.4. The number of hydrogen-bond acceptors (Lipinski definition) is 4. The highest BCUT2D eigenvalue weighted by Gasteiger charge is 2.24. The summed E-state index contributed by atoms with van der Waals surface area (Å²) in [5.74, 6) is 0.180. The van der Waals surface area contributed by atoms with Crippen molar-refractivity contribution in [1.82, 2.24) is 10.6 Å². The van der Waals surface area contributed by atoms with Crippen LogP contribution in [0.25, 0.3) is 0 Å². The fourth-order valence-electron chi connectivity index (χ4n) is 2.21. The van der Waals surface area contributed by atoms with E-state index in [1.807, 2.05) is 36.6 Å². The second kappa shape index (κ2) is 10.5. The van der Waals surface area contributed by atoms with Crippen LogP contribution in [0.3, 0.4) is 0 Å². The summed E-state index contributed by atoms with van der Waals surface area (Å²) in [6.07, 6.45) is 0. The number of nitrogens with one attached hydrogen (secondary N) is 2. The number of primary amides is 1. The molecule has 2 rings (SSSR count). The second-order valence-electron chi connectivity index (χ2n) is 5.86. The molecule has 1 unspecified atom stereocenters. The van der Waals surface area contributed by atoms with Crippen LogP contribution in [-0.2, 0) is 12.1 Å². The van der Waals surface area contributed by atoms with Crippen LogP contribution in [0, 0.1) is 0 Å². The lowest BCUT2D eigenvalue weighted by atomic mass is 10.1. The molecule has 2 aromatic rings. The van der Waals surface area contributed by atoms with Crippen molar-refractivity contribution in [2.75, 3.05) is 13.1 Å². The van der Waals surface area contributed by atoms with Gasteiger partial charge in [-0.15, -0.1) is 35.3 Å². The maximum absolute atomic E-state index is 11.1. The van der Waals surface area contributed by atoms with Gasteiger partial charge in [-0.2, -0.15) is 0 Å². The zero-order valence-electron chi connectivity index (χ0n) is 14.9. The number of halogens is 1. The van der Waals surface area contributed by atoms with Gasteiger partial charge >= 0.3 is 0 Å². The summed E-state index contributed by atoms with van der Waals surface area (Å²) in [5, 5.41) is 18.9. The van der Waals surface area contributed by atoms with E-state index in [9.17, 15) is 9.90 Å². The van der Waals surface area contributed by atoms with Crippen LogP contribution in [0.2, 0.25) is 0 Å². The quantitative estimate of drug-likeness (QED) is 0.273. The first-order chi connectivity index (χ1) is 11.9. The lowest BCUT2D eigenvalue weighted by molar-refractivity contribution is 0.0655. The van der Waals surface area contributed by atoms with E-state index in [1.165, 1.54) is 11.3 Å². The number of hydrogen-bond donors (Lipinski definition) is 4. The van der Waals surface area contributed by atoms with Gasteiger partial charge in [0.05, 0.1) is 13.1 Å². The molecule has 0 fully saturated rings. The van der Waals surface area contributed by atoms with Gasteiger partial charge in [-0.1, -0.05) is 18.2 Å². The summed E-state index contributed by atoms with van der Waals surface area (Å²) < 4.78 is 0. The van der Waals surface area contributed by atoms with Crippen LogP contribution in [0.15, 0.2) is 46.8 Å². The van der Waals surface area contributed by atoms with E-state index in [-0.39, 0.29) is 24.0 Å². The third-order valence-electron chi connectivity index (χ3n) is 3.65. The number of amides is 1. The fourth-order valence-corrected chi connectivity index (χ4v) is 3.00. The molecule has 0 aliphatic heterocycles. The van der Waals surface area contributed by atoms with E-state index in [0.717, 1.165) is 10.4 Å². The fraction of sp³-hybridized carbons (Fsp3) is 0.333. The Morgan fingerprint density at radius 1 is 1.27 bits per heavy atom. The SMILES string of the molecule is CCNC(=NCc1ccc(C(N)=O)cc1)NCC(C)(O)c1cccs1.I. The monoisotopic (exact) mass is 488 g/mol. The maximum atomic E-state index is 11.1. The number of carbonyl (C=O) groups is 1. The molecule has 5 N–H and O–H groups in total. The molecule has 8 heteroatoms. The lowest BCUT2D eigenvalue weighted by Gasteiger charge is -2.23. The average Bonchev–Trinajstić information content (AvgIpc) is 3.13. The molecule has 6 nitrogen and oxygen atoms in total. The molecule has 1 atom stereocenters. The minimum absolute atomic E-state index is 0. The van der Waals surface area contributed by atoms with E-state index in [2.05, 4.69) is 15.6 Å². The number of aliphatic imine (C=N–C) groups is 1. The van der Waals surface area contributed by atoms with Gasteiger partial charge in [0.25, 0.3) is 0 Å². The Balaban J connectivity index is 0.00000338. The number of rotatable bonds is 7. The molecule has 1 aromatic heterocycles. The van der Waals surface area contributed by atoms with E-state index >= 15 is 0 Å². The number of benzene rings is 1. The van der Waals surface area contributed by atoms with Crippen molar-refractivity contribution in [3.63, 3.8) is 0 Å². The van der Waals surface area contributed by atoms with E-state index < -0.39 is 11.5 Å². The van der Waals surface area contributed by atoms with Crippen molar-refractivity contribution in [2.45, 2.75) is 26.0 Å². The maximum Gasteiger partial charge on any atom is 0.248 e. The first-order valence-electron chi connectivity index (χ1n) is 8.09. The minimum atomic E-state index is -0.965. The molecule has 0 spiro atoms. The Morgan fingerprint density at radius 2 is 1.96 bits per heavy atom. The molecular weight excluding hydrogens is 463 g/mol. The number of thiophene rings is 1. The molecule has 0 aliphatic rings. The third-order valence-corrected chi connectivity index (χ3v) is 4.78. The van der Waals surface area contributed by atoms with Crippen LogP contribution in [-0.4, -0.2) is 30.1 Å². The Bertz CT molecular complexity index is 715. The minimum Gasteiger partial charge on any atom is -0.383 e. The molecule has 1 heterocycles. The molecule has 1 amide bonds. The van der Waals surface area contributed by atoms with E-state index in [0.29, 0.717) is 31.2 Å². The highest BCUT2D eigenvalue weighted by Crippen LogP contribution is 2.24. The summed E-state index contributed by atoms with van der Waals surface area (Å²) >= 11 is 1.52. The first kappa shape index (κ1) is 22.4. The Labute approximate surface area is 174 Å². The molecular formula is C18H25IN4O2S. The van der Waals surface area contributed by atoms with Crippen molar-refractivity contribution < 1.29 is 9.90 Å². The topological polar surface area (TPSA) is 99.7 Å². The van der Waals surface area contributed by atoms with Crippen molar-refractivity contribution in [3.05, 3.63) is 57.8 Å². The number of carbonyl (C=O) groups excluding carboxylic acids is 1. The number of aliphatic hydroxyl groups is 1. The van der Waals surface area contributed by atoms with Crippen LogP contribution in [0.4, 0.5) is 0 Å². The standard InChI is InChI=1S/C18H24N4O2S.HI/c1-3-20-17(22-12-18(2,24)15-5-4-10-25-15)21-11-13-6-8-14(9-7-13)16(19)23;/h4-10,24H,3,11-12H2,1-2H3,(H2,19,23)(H2,20,21,22);1H. The van der Waals surface area contributed by atoms with Crippen molar-refractivity contribution in [2.24, 2.45) is 10.7 Å². The Kier molecular flexibility index (Phi) is 9.03. The molecule has 0 saturated heterocycles. The Morgan fingerprint density at radius 3 is 2.50 bits per heavy atom. The Hall–Kier alpha value is -1.65. The molecule has 0 saturated carbocycles. The summed E-state index contributed by atoms with van der Waals surface area (Å²) in [6.45, 7) is 5.28. The highest BCUT2D eigenvalue weighted by molar-refractivity contribution is 14.0. The third kappa shape index (κ3) is 6.58. The molecule has 26 heavy (non-hydrogen) atoms. The zero-order valence-corrected chi connectivity index (χ0v) is 18.0. The first-order valence-corrected chi connectivity index (χ1v) is 8.97. The number of nitrogens with zero attached hydrogens (tertiary/aromatic N) is 1. The number of nitrogens with two attached hydrogens (primary N) is 1. The smallest absolute Gasteiger partial charge is 0.248 e. The summed E-state index contributed by atoms with van der Waals surface area (Å²) in [6, 6.07) is 10.9. The number of guanidine groups is 1. The average molecular weight is 488 g/mol. The van der Waals surface area contributed by atoms with Gasteiger partial charge in [0.15, 0.2) is 5.96 Å².